The highest BCUT2D eigenvalue weighted by Crippen LogP contribution is 2.41. The molecule has 0 heterocycles. The van der Waals surface area contributed by atoms with Crippen molar-refractivity contribution in [2.24, 2.45) is 0 Å². The van der Waals surface area contributed by atoms with Crippen LogP contribution in [0, 0.1) is 0 Å². The number of aldehydes is 1. The Morgan fingerprint density at radius 1 is 1.44 bits per heavy atom. The Labute approximate surface area is 89.5 Å². The van der Waals surface area contributed by atoms with Crippen LogP contribution in [0.1, 0.15) is 22.8 Å². The maximum atomic E-state index is 12.6. The Kier molecular flexibility index (Phi) is 3.41. The first-order chi connectivity index (χ1) is 7.40. The number of ether oxygens (including phenoxy) is 1. The summed E-state index contributed by atoms with van der Waals surface area (Å²) in [6, 6.07) is 1.56. The third kappa shape index (κ3) is 2.44. The molecule has 0 aliphatic rings. The van der Waals surface area contributed by atoms with E-state index in [1.165, 1.54) is 6.92 Å². The van der Waals surface area contributed by atoms with E-state index in [4.69, 9.17) is 4.74 Å². The van der Waals surface area contributed by atoms with Gasteiger partial charge >= 0.3 is 6.18 Å². The number of carbonyl (C=O) groups excluding carboxylic acids is 1. The van der Waals surface area contributed by atoms with E-state index in [0.717, 1.165) is 6.07 Å². The molecule has 1 rings (SSSR count). The lowest BCUT2D eigenvalue weighted by atomic mass is 10.1. The van der Waals surface area contributed by atoms with E-state index in [0.29, 0.717) is 6.07 Å². The molecule has 88 valence electrons. The number of halogens is 3. The molecule has 1 aromatic carbocycles. The number of phenols is 1. The summed E-state index contributed by atoms with van der Waals surface area (Å²) in [6.45, 7) is 1.48. The van der Waals surface area contributed by atoms with Crippen molar-refractivity contribution in [2.75, 3.05) is 6.61 Å². The van der Waals surface area contributed by atoms with Gasteiger partial charge in [0.2, 0.25) is 0 Å². The smallest absolute Gasteiger partial charge is 0.420 e. The number of rotatable bonds is 3. The summed E-state index contributed by atoms with van der Waals surface area (Å²) in [5.41, 5.74) is -1.41. The zero-order chi connectivity index (χ0) is 12.3. The molecule has 1 N–H and O–H groups in total. The Hall–Kier alpha value is -1.72. The molecule has 0 fully saturated rings. The number of hydrogen-bond donors (Lipinski definition) is 1. The van der Waals surface area contributed by atoms with Gasteiger partial charge in [-0.3, -0.25) is 4.79 Å². The van der Waals surface area contributed by atoms with E-state index in [-0.39, 0.29) is 18.5 Å². The van der Waals surface area contributed by atoms with Crippen molar-refractivity contribution in [2.45, 2.75) is 13.1 Å². The van der Waals surface area contributed by atoms with Crippen LogP contribution in [-0.2, 0) is 6.18 Å². The van der Waals surface area contributed by atoms with Crippen molar-refractivity contribution < 1.29 is 27.8 Å². The monoisotopic (exact) mass is 234 g/mol. The van der Waals surface area contributed by atoms with Crippen LogP contribution >= 0.6 is 0 Å². The van der Waals surface area contributed by atoms with Crippen molar-refractivity contribution in [3.05, 3.63) is 23.3 Å². The number of benzene rings is 1. The topological polar surface area (TPSA) is 46.5 Å². The molecule has 0 atom stereocenters. The van der Waals surface area contributed by atoms with Crippen LogP contribution in [0.2, 0.25) is 0 Å². The molecule has 1 aromatic rings. The van der Waals surface area contributed by atoms with E-state index in [9.17, 15) is 23.1 Å². The van der Waals surface area contributed by atoms with Gasteiger partial charge in [0.15, 0.2) is 11.5 Å². The Morgan fingerprint density at radius 2 is 2.06 bits per heavy atom. The standard InChI is InChI=1S/C10H9F3O3/c1-2-16-9-7(10(11,12)13)3-6(5-14)4-8(9)15/h3-5,15H,2H2,1H3. The van der Waals surface area contributed by atoms with Crippen LogP contribution in [0.3, 0.4) is 0 Å². The third-order valence-electron chi connectivity index (χ3n) is 1.82. The van der Waals surface area contributed by atoms with Crippen molar-refractivity contribution in [3.8, 4) is 11.5 Å². The van der Waals surface area contributed by atoms with Gasteiger partial charge in [-0.1, -0.05) is 0 Å². The van der Waals surface area contributed by atoms with Crippen LogP contribution < -0.4 is 4.74 Å². The van der Waals surface area contributed by atoms with E-state index < -0.39 is 23.2 Å². The lowest BCUT2D eigenvalue weighted by Gasteiger charge is -2.14. The number of phenolic OH excluding ortho intramolecular Hbond substituents is 1. The van der Waals surface area contributed by atoms with Crippen LogP contribution in [-0.4, -0.2) is 18.0 Å². The summed E-state index contributed by atoms with van der Waals surface area (Å²) in [6.07, 6.45) is -4.45. The van der Waals surface area contributed by atoms with Gasteiger partial charge in [-0.15, -0.1) is 0 Å². The van der Waals surface area contributed by atoms with Gasteiger partial charge in [0.25, 0.3) is 0 Å². The van der Waals surface area contributed by atoms with Gasteiger partial charge in [0, 0.05) is 5.56 Å². The van der Waals surface area contributed by atoms with Gasteiger partial charge in [0.05, 0.1) is 6.61 Å². The number of alkyl halides is 3. The SMILES string of the molecule is CCOc1c(O)cc(C=O)cc1C(F)(F)F. The minimum atomic E-state index is -4.68. The molecule has 0 bridgehead atoms. The van der Waals surface area contributed by atoms with Crippen molar-refractivity contribution in [3.63, 3.8) is 0 Å². The normalized spacial score (nSPS) is 11.2. The highest BCUT2D eigenvalue weighted by atomic mass is 19.4. The fourth-order valence-electron chi connectivity index (χ4n) is 1.21. The maximum Gasteiger partial charge on any atom is 0.420 e. The summed E-state index contributed by atoms with van der Waals surface area (Å²) >= 11 is 0. The molecule has 0 amide bonds. The quantitative estimate of drug-likeness (QED) is 0.817. The molecule has 0 aliphatic carbocycles. The Morgan fingerprint density at radius 3 is 2.50 bits per heavy atom. The first-order valence-electron chi connectivity index (χ1n) is 4.42. The largest absolute Gasteiger partial charge is 0.504 e. The van der Waals surface area contributed by atoms with Gasteiger partial charge in [-0.25, -0.2) is 0 Å². The lowest BCUT2D eigenvalue weighted by Crippen LogP contribution is -2.09. The first kappa shape index (κ1) is 12.4. The summed E-state index contributed by atoms with van der Waals surface area (Å²) in [5.74, 6) is -1.35. The highest BCUT2D eigenvalue weighted by molar-refractivity contribution is 5.77. The molecule has 0 saturated heterocycles. The average Bonchev–Trinajstić information content (AvgIpc) is 2.19. The van der Waals surface area contributed by atoms with E-state index in [1.54, 1.807) is 0 Å². The van der Waals surface area contributed by atoms with Crippen LogP contribution in [0.15, 0.2) is 12.1 Å². The van der Waals surface area contributed by atoms with E-state index >= 15 is 0 Å². The molecule has 0 saturated carbocycles. The number of carbonyl (C=O) groups is 1. The summed E-state index contributed by atoms with van der Waals surface area (Å²) in [7, 11) is 0. The van der Waals surface area contributed by atoms with Crippen LogP contribution in [0.5, 0.6) is 11.5 Å². The summed E-state index contributed by atoms with van der Waals surface area (Å²) in [4.78, 5) is 10.4. The van der Waals surface area contributed by atoms with Crippen LogP contribution in [0.4, 0.5) is 13.2 Å². The van der Waals surface area contributed by atoms with Gasteiger partial charge in [0.1, 0.15) is 11.8 Å². The first-order valence-corrected chi connectivity index (χ1v) is 4.42. The average molecular weight is 234 g/mol. The highest BCUT2D eigenvalue weighted by Gasteiger charge is 2.36. The van der Waals surface area contributed by atoms with Gasteiger partial charge < -0.3 is 9.84 Å². The number of aromatic hydroxyl groups is 1. The minimum absolute atomic E-state index is 0.0168. The van der Waals surface area contributed by atoms with Crippen molar-refractivity contribution >= 4 is 6.29 Å². The second kappa shape index (κ2) is 4.42. The number of hydrogen-bond acceptors (Lipinski definition) is 3. The molecule has 16 heavy (non-hydrogen) atoms. The summed E-state index contributed by atoms with van der Waals surface area (Å²) in [5, 5.41) is 9.31. The van der Waals surface area contributed by atoms with Crippen LogP contribution in [0.25, 0.3) is 0 Å². The minimum Gasteiger partial charge on any atom is -0.504 e. The maximum absolute atomic E-state index is 12.6. The van der Waals surface area contributed by atoms with E-state index in [1.807, 2.05) is 0 Å². The molecule has 0 aliphatic heterocycles. The zero-order valence-corrected chi connectivity index (χ0v) is 8.34. The predicted molar refractivity (Wildman–Crippen MR) is 49.7 cm³/mol. The molecule has 0 aromatic heterocycles. The van der Waals surface area contributed by atoms with E-state index in [2.05, 4.69) is 0 Å². The van der Waals surface area contributed by atoms with Crippen molar-refractivity contribution in [1.82, 2.24) is 0 Å². The van der Waals surface area contributed by atoms with Crippen molar-refractivity contribution in [1.29, 1.82) is 0 Å². The summed E-state index contributed by atoms with van der Waals surface area (Å²) < 4.78 is 42.4. The zero-order valence-electron chi connectivity index (χ0n) is 8.34. The lowest BCUT2D eigenvalue weighted by molar-refractivity contribution is -0.139. The fourth-order valence-corrected chi connectivity index (χ4v) is 1.21. The second-order valence-electron chi connectivity index (χ2n) is 2.97. The molecule has 6 heteroatoms. The molecular formula is C10H9F3O3. The third-order valence-corrected chi connectivity index (χ3v) is 1.82. The Bertz CT molecular complexity index is 399. The molecule has 0 unspecified atom stereocenters. The molecule has 0 spiro atoms. The molecular weight excluding hydrogens is 225 g/mol. The molecule has 3 nitrogen and oxygen atoms in total. The fraction of sp³-hybridized carbons (Fsp3) is 0.300. The van der Waals surface area contributed by atoms with Gasteiger partial charge in [-0.05, 0) is 19.1 Å². The predicted octanol–water partition coefficient (Wildman–Crippen LogP) is 2.62. The molecule has 0 radical (unpaired) electrons. The second-order valence-corrected chi connectivity index (χ2v) is 2.97. The van der Waals surface area contributed by atoms with Gasteiger partial charge in [-0.2, -0.15) is 13.2 Å². The Balaban J connectivity index is 3.40.